The Labute approximate surface area is 103 Å². The van der Waals surface area contributed by atoms with Crippen molar-refractivity contribution >= 4 is 11.8 Å². The molecule has 0 aromatic carbocycles. The monoisotopic (exact) mass is 251 g/mol. The van der Waals surface area contributed by atoms with E-state index in [-0.39, 0.29) is 6.61 Å². The second kappa shape index (κ2) is 5.74. The smallest absolute Gasteiger partial charge is 0.209 e. The lowest BCUT2D eigenvalue weighted by molar-refractivity contribution is 0.262. The molecule has 2 aromatic rings. The normalized spacial score (nSPS) is 10.7. The van der Waals surface area contributed by atoms with Crippen LogP contribution in [0.3, 0.4) is 0 Å². The van der Waals surface area contributed by atoms with E-state index in [9.17, 15) is 0 Å². The molecule has 0 fully saturated rings. The molecule has 2 aromatic heterocycles. The molecule has 2 heterocycles. The van der Waals surface area contributed by atoms with Crippen molar-refractivity contribution in [3.05, 3.63) is 29.6 Å². The van der Waals surface area contributed by atoms with Gasteiger partial charge in [0, 0.05) is 11.4 Å². The third-order valence-electron chi connectivity index (χ3n) is 2.11. The summed E-state index contributed by atoms with van der Waals surface area (Å²) >= 11 is 1.51. The van der Waals surface area contributed by atoms with Crippen molar-refractivity contribution in [1.29, 1.82) is 0 Å². The zero-order valence-electron chi connectivity index (χ0n) is 9.44. The van der Waals surface area contributed by atoms with Crippen LogP contribution < -0.4 is 0 Å². The zero-order chi connectivity index (χ0) is 12.1. The Morgan fingerprint density at radius 1 is 1.41 bits per heavy atom. The van der Waals surface area contributed by atoms with Gasteiger partial charge >= 0.3 is 0 Å². The van der Waals surface area contributed by atoms with Gasteiger partial charge in [0.1, 0.15) is 0 Å². The topological polar surface area (TPSA) is 76.7 Å². The molecule has 90 valence electrons. The minimum Gasteiger partial charge on any atom is -0.394 e. The van der Waals surface area contributed by atoms with Gasteiger partial charge in [-0.25, -0.2) is 4.68 Å². The SMILES string of the molecule is Cc1cccc(CSc2nnnn2CCO)n1. The molecule has 0 spiro atoms. The summed E-state index contributed by atoms with van der Waals surface area (Å²) in [7, 11) is 0. The first-order valence-electron chi connectivity index (χ1n) is 5.22. The average Bonchev–Trinajstić information content (AvgIpc) is 2.75. The Morgan fingerprint density at radius 2 is 2.29 bits per heavy atom. The average molecular weight is 251 g/mol. The van der Waals surface area contributed by atoms with Gasteiger partial charge in [-0.05, 0) is 29.5 Å². The second-order valence-electron chi connectivity index (χ2n) is 3.47. The molecule has 0 atom stereocenters. The fraction of sp³-hybridized carbons (Fsp3) is 0.400. The maximum atomic E-state index is 8.85. The number of thioether (sulfide) groups is 1. The first kappa shape index (κ1) is 12.0. The van der Waals surface area contributed by atoms with Gasteiger partial charge in [-0.3, -0.25) is 4.98 Å². The van der Waals surface area contributed by atoms with E-state index in [1.165, 1.54) is 11.8 Å². The summed E-state index contributed by atoms with van der Waals surface area (Å²) in [5, 5.41) is 20.8. The molecule has 0 aliphatic carbocycles. The molecule has 2 rings (SSSR count). The summed E-state index contributed by atoms with van der Waals surface area (Å²) in [6.45, 7) is 2.40. The van der Waals surface area contributed by atoms with Crippen LogP contribution in [0.25, 0.3) is 0 Å². The number of aliphatic hydroxyl groups is 1. The lowest BCUT2D eigenvalue weighted by Crippen LogP contribution is -2.05. The quantitative estimate of drug-likeness (QED) is 0.787. The molecule has 17 heavy (non-hydrogen) atoms. The van der Waals surface area contributed by atoms with E-state index in [2.05, 4.69) is 20.5 Å². The van der Waals surface area contributed by atoms with E-state index in [1.54, 1.807) is 4.68 Å². The van der Waals surface area contributed by atoms with Crippen molar-refractivity contribution in [2.75, 3.05) is 6.61 Å². The van der Waals surface area contributed by atoms with Crippen LogP contribution in [-0.4, -0.2) is 36.9 Å². The highest BCUT2D eigenvalue weighted by Gasteiger charge is 2.06. The molecule has 0 aliphatic heterocycles. The van der Waals surface area contributed by atoms with E-state index in [4.69, 9.17) is 5.11 Å². The van der Waals surface area contributed by atoms with Crippen molar-refractivity contribution in [2.45, 2.75) is 24.4 Å². The first-order chi connectivity index (χ1) is 8.29. The van der Waals surface area contributed by atoms with E-state index in [1.807, 2.05) is 25.1 Å². The maximum Gasteiger partial charge on any atom is 0.209 e. The van der Waals surface area contributed by atoms with Crippen molar-refractivity contribution < 1.29 is 5.11 Å². The number of hydrogen-bond donors (Lipinski definition) is 1. The fourth-order valence-corrected chi connectivity index (χ4v) is 2.16. The fourth-order valence-electron chi connectivity index (χ4n) is 1.35. The van der Waals surface area contributed by atoms with Gasteiger partial charge in [0.05, 0.1) is 18.8 Å². The number of rotatable bonds is 5. The number of pyridine rings is 1. The summed E-state index contributed by atoms with van der Waals surface area (Å²) < 4.78 is 1.58. The molecule has 1 N–H and O–H groups in total. The third kappa shape index (κ3) is 3.24. The molecule has 6 nitrogen and oxygen atoms in total. The molecule has 0 aliphatic rings. The minimum absolute atomic E-state index is 0.0291. The van der Waals surface area contributed by atoms with Crippen LogP contribution in [0.1, 0.15) is 11.4 Å². The van der Waals surface area contributed by atoms with Crippen LogP contribution in [0.2, 0.25) is 0 Å². The predicted octanol–water partition coefficient (Wildman–Crippen LogP) is 0.661. The van der Waals surface area contributed by atoms with Crippen molar-refractivity contribution in [2.24, 2.45) is 0 Å². The van der Waals surface area contributed by atoms with E-state index in [0.29, 0.717) is 17.5 Å². The molecule has 0 radical (unpaired) electrons. The van der Waals surface area contributed by atoms with Gasteiger partial charge in [0.2, 0.25) is 5.16 Å². The van der Waals surface area contributed by atoms with Crippen LogP contribution in [0.4, 0.5) is 0 Å². The van der Waals surface area contributed by atoms with E-state index in [0.717, 1.165) is 11.4 Å². The zero-order valence-corrected chi connectivity index (χ0v) is 10.3. The Bertz CT molecular complexity index is 487. The van der Waals surface area contributed by atoms with E-state index >= 15 is 0 Å². The van der Waals surface area contributed by atoms with Crippen LogP contribution in [-0.2, 0) is 12.3 Å². The largest absolute Gasteiger partial charge is 0.394 e. The number of tetrazole rings is 1. The number of aryl methyl sites for hydroxylation is 1. The Kier molecular flexibility index (Phi) is 4.05. The van der Waals surface area contributed by atoms with Gasteiger partial charge in [-0.2, -0.15) is 0 Å². The summed E-state index contributed by atoms with van der Waals surface area (Å²) in [4.78, 5) is 4.40. The molecule has 0 saturated carbocycles. The molecular weight excluding hydrogens is 238 g/mol. The van der Waals surface area contributed by atoms with E-state index < -0.39 is 0 Å². The first-order valence-corrected chi connectivity index (χ1v) is 6.20. The highest BCUT2D eigenvalue weighted by Crippen LogP contribution is 2.18. The van der Waals surface area contributed by atoms with Crippen LogP contribution >= 0.6 is 11.8 Å². The van der Waals surface area contributed by atoms with Crippen molar-refractivity contribution in [3.8, 4) is 0 Å². The lowest BCUT2D eigenvalue weighted by atomic mass is 10.3. The van der Waals surface area contributed by atoms with Gasteiger partial charge in [0.15, 0.2) is 0 Å². The van der Waals surface area contributed by atoms with Crippen LogP contribution in [0, 0.1) is 6.92 Å². The number of hydrogen-bond acceptors (Lipinski definition) is 6. The van der Waals surface area contributed by atoms with Crippen molar-refractivity contribution in [1.82, 2.24) is 25.2 Å². The van der Waals surface area contributed by atoms with Crippen molar-refractivity contribution in [3.63, 3.8) is 0 Å². The summed E-state index contributed by atoms with van der Waals surface area (Å²) in [5.74, 6) is 0.716. The highest BCUT2D eigenvalue weighted by molar-refractivity contribution is 7.98. The molecule has 0 unspecified atom stereocenters. The van der Waals surface area contributed by atoms with Crippen LogP contribution in [0.15, 0.2) is 23.4 Å². The molecule has 7 heteroatoms. The van der Waals surface area contributed by atoms with Gasteiger partial charge in [-0.15, -0.1) is 5.10 Å². The van der Waals surface area contributed by atoms with Gasteiger partial charge in [0.25, 0.3) is 0 Å². The number of aliphatic hydroxyl groups excluding tert-OH is 1. The Morgan fingerprint density at radius 3 is 3.06 bits per heavy atom. The third-order valence-corrected chi connectivity index (χ3v) is 3.10. The number of aromatic nitrogens is 5. The highest BCUT2D eigenvalue weighted by atomic mass is 32.2. The Balaban J connectivity index is 1.99. The Hall–Kier alpha value is -1.47. The predicted molar refractivity (Wildman–Crippen MR) is 63.4 cm³/mol. The lowest BCUT2D eigenvalue weighted by Gasteiger charge is -2.02. The summed E-state index contributed by atoms with van der Waals surface area (Å²) in [6, 6.07) is 5.92. The molecule has 0 saturated heterocycles. The van der Waals surface area contributed by atoms with Gasteiger partial charge < -0.3 is 5.11 Å². The standard InChI is InChI=1S/C10H13N5OS/c1-8-3-2-4-9(11-8)7-17-10-12-13-14-15(10)5-6-16/h2-4,16H,5-7H2,1H3. The molecule has 0 bridgehead atoms. The molecule has 0 amide bonds. The summed E-state index contributed by atoms with van der Waals surface area (Å²) in [6.07, 6.45) is 0. The maximum absolute atomic E-state index is 8.85. The van der Waals surface area contributed by atoms with Gasteiger partial charge in [-0.1, -0.05) is 17.8 Å². The summed E-state index contributed by atoms with van der Waals surface area (Å²) in [5.41, 5.74) is 1.99. The molecular formula is C10H13N5OS. The number of nitrogens with zero attached hydrogens (tertiary/aromatic N) is 5. The second-order valence-corrected chi connectivity index (χ2v) is 4.41. The van der Waals surface area contributed by atoms with Crippen LogP contribution in [0.5, 0.6) is 0 Å². The minimum atomic E-state index is 0.0291.